The number of aliphatic hydroxyl groups excluding tert-OH is 1. The van der Waals surface area contributed by atoms with E-state index in [-0.39, 0.29) is 6.10 Å². The molecule has 0 radical (unpaired) electrons. The molecule has 0 aromatic heterocycles. The molecule has 3 heteroatoms. The highest BCUT2D eigenvalue weighted by molar-refractivity contribution is 4.43. The van der Waals surface area contributed by atoms with Crippen LogP contribution in [0.3, 0.4) is 0 Å². The molecule has 0 aliphatic carbocycles. The van der Waals surface area contributed by atoms with Crippen molar-refractivity contribution >= 4 is 0 Å². The highest BCUT2D eigenvalue weighted by Crippen LogP contribution is 1.88. The van der Waals surface area contributed by atoms with Crippen LogP contribution in [0.2, 0.25) is 0 Å². The molecule has 0 aliphatic heterocycles. The Morgan fingerprint density at radius 1 is 1.56 bits per heavy atom. The number of ether oxygens (including phenoxy) is 1. The fraction of sp³-hybridized carbons (Fsp3) is 1.00. The van der Waals surface area contributed by atoms with E-state index >= 15 is 0 Å². The van der Waals surface area contributed by atoms with Crippen LogP contribution in [0.4, 0.5) is 0 Å². The van der Waals surface area contributed by atoms with Gasteiger partial charge in [0.25, 0.3) is 0 Å². The van der Waals surface area contributed by atoms with Gasteiger partial charge in [-0.25, -0.2) is 0 Å². The Labute approximate surface area is 55.8 Å². The first-order valence-electron chi connectivity index (χ1n) is 3.23. The van der Waals surface area contributed by atoms with Crippen molar-refractivity contribution < 1.29 is 9.84 Å². The fourth-order valence-electron chi connectivity index (χ4n) is 0.439. The minimum absolute atomic E-state index is 0.261. The van der Waals surface area contributed by atoms with Gasteiger partial charge >= 0.3 is 0 Å². The van der Waals surface area contributed by atoms with Gasteiger partial charge in [-0.3, -0.25) is 0 Å². The zero-order valence-electron chi connectivity index (χ0n) is 5.84. The molecular formula is C6H15NO2. The molecule has 0 amide bonds. The summed E-state index contributed by atoms with van der Waals surface area (Å²) in [5, 5.41) is 8.74. The van der Waals surface area contributed by atoms with E-state index in [4.69, 9.17) is 15.6 Å². The molecule has 0 aromatic rings. The lowest BCUT2D eigenvalue weighted by atomic mass is 10.3. The van der Waals surface area contributed by atoms with Crippen molar-refractivity contribution in [2.24, 2.45) is 5.73 Å². The predicted molar refractivity (Wildman–Crippen MR) is 36.2 cm³/mol. The van der Waals surface area contributed by atoms with Crippen LogP contribution in [-0.4, -0.2) is 31.0 Å². The highest BCUT2D eigenvalue weighted by atomic mass is 16.5. The highest BCUT2D eigenvalue weighted by Gasteiger charge is 1.93. The SMILES string of the molecule is CC(O)CCOCCN. The Morgan fingerprint density at radius 2 is 2.22 bits per heavy atom. The Morgan fingerprint density at radius 3 is 2.67 bits per heavy atom. The Hall–Kier alpha value is -0.120. The van der Waals surface area contributed by atoms with E-state index in [1.807, 2.05) is 0 Å². The average Bonchev–Trinajstić information content (AvgIpc) is 1.80. The summed E-state index contributed by atoms with van der Waals surface area (Å²) >= 11 is 0. The number of aliphatic hydroxyl groups is 1. The Balaban J connectivity index is 2.75. The van der Waals surface area contributed by atoms with Crippen LogP contribution >= 0.6 is 0 Å². The fourth-order valence-corrected chi connectivity index (χ4v) is 0.439. The maximum atomic E-state index is 8.74. The monoisotopic (exact) mass is 133 g/mol. The first-order valence-corrected chi connectivity index (χ1v) is 3.23. The van der Waals surface area contributed by atoms with Crippen molar-refractivity contribution in [1.29, 1.82) is 0 Å². The molecule has 56 valence electrons. The summed E-state index contributed by atoms with van der Waals surface area (Å²) in [5.74, 6) is 0. The number of rotatable bonds is 5. The Kier molecular flexibility index (Phi) is 5.93. The average molecular weight is 133 g/mol. The van der Waals surface area contributed by atoms with Crippen molar-refractivity contribution in [1.82, 2.24) is 0 Å². The third-order valence-corrected chi connectivity index (χ3v) is 0.942. The van der Waals surface area contributed by atoms with E-state index < -0.39 is 0 Å². The largest absolute Gasteiger partial charge is 0.393 e. The maximum Gasteiger partial charge on any atom is 0.0588 e. The summed E-state index contributed by atoms with van der Waals surface area (Å²) in [5.41, 5.74) is 5.16. The van der Waals surface area contributed by atoms with Crippen LogP contribution in [-0.2, 0) is 4.74 Å². The smallest absolute Gasteiger partial charge is 0.0588 e. The minimum Gasteiger partial charge on any atom is -0.393 e. The molecule has 3 N–H and O–H groups in total. The molecule has 9 heavy (non-hydrogen) atoms. The molecule has 0 aromatic carbocycles. The third kappa shape index (κ3) is 7.88. The van der Waals surface area contributed by atoms with Crippen LogP contribution in [0.15, 0.2) is 0 Å². The zero-order valence-corrected chi connectivity index (χ0v) is 5.84. The van der Waals surface area contributed by atoms with E-state index in [9.17, 15) is 0 Å². The lowest BCUT2D eigenvalue weighted by Crippen LogP contribution is -2.11. The molecule has 0 saturated heterocycles. The summed E-state index contributed by atoms with van der Waals surface area (Å²) in [6.07, 6.45) is 0.433. The summed E-state index contributed by atoms with van der Waals surface area (Å²) < 4.78 is 5.01. The molecular weight excluding hydrogens is 118 g/mol. The normalized spacial score (nSPS) is 13.7. The summed E-state index contributed by atoms with van der Waals surface area (Å²) in [6.45, 7) is 3.49. The van der Waals surface area contributed by atoms with E-state index in [2.05, 4.69) is 0 Å². The molecule has 3 nitrogen and oxygen atoms in total. The van der Waals surface area contributed by atoms with Gasteiger partial charge in [0.05, 0.1) is 12.7 Å². The second kappa shape index (κ2) is 6.01. The van der Waals surface area contributed by atoms with E-state index in [1.165, 1.54) is 0 Å². The molecule has 0 bridgehead atoms. The molecule has 0 saturated carbocycles. The standard InChI is InChI=1S/C6H15NO2/c1-6(8)2-4-9-5-3-7/h6,8H,2-5,7H2,1H3. The van der Waals surface area contributed by atoms with Gasteiger partial charge < -0.3 is 15.6 Å². The molecule has 0 heterocycles. The quantitative estimate of drug-likeness (QED) is 0.508. The second-order valence-electron chi connectivity index (χ2n) is 2.04. The number of nitrogens with two attached hydrogens (primary N) is 1. The molecule has 1 atom stereocenters. The van der Waals surface area contributed by atoms with Crippen LogP contribution in [0.1, 0.15) is 13.3 Å². The Bertz CT molecular complexity index is 57.0. The van der Waals surface area contributed by atoms with Crippen LogP contribution in [0.25, 0.3) is 0 Å². The topological polar surface area (TPSA) is 55.5 Å². The molecule has 1 unspecified atom stereocenters. The van der Waals surface area contributed by atoms with Crippen molar-refractivity contribution in [2.45, 2.75) is 19.4 Å². The molecule has 0 fully saturated rings. The molecule has 0 spiro atoms. The van der Waals surface area contributed by atoms with Crippen molar-refractivity contribution in [2.75, 3.05) is 19.8 Å². The van der Waals surface area contributed by atoms with Crippen LogP contribution in [0, 0.1) is 0 Å². The van der Waals surface area contributed by atoms with Gasteiger partial charge in [0.1, 0.15) is 0 Å². The van der Waals surface area contributed by atoms with Crippen molar-refractivity contribution in [3.63, 3.8) is 0 Å². The first-order chi connectivity index (χ1) is 4.27. The second-order valence-corrected chi connectivity index (χ2v) is 2.04. The summed E-state index contributed by atoms with van der Waals surface area (Å²) in [7, 11) is 0. The lowest BCUT2D eigenvalue weighted by Gasteiger charge is -2.03. The molecule has 0 aliphatic rings. The minimum atomic E-state index is -0.261. The van der Waals surface area contributed by atoms with Gasteiger partial charge in [0.2, 0.25) is 0 Å². The van der Waals surface area contributed by atoms with Gasteiger partial charge in [-0.05, 0) is 13.3 Å². The predicted octanol–water partition coefficient (Wildman–Crippen LogP) is -0.267. The third-order valence-electron chi connectivity index (χ3n) is 0.942. The number of hydrogen-bond acceptors (Lipinski definition) is 3. The van der Waals surface area contributed by atoms with Gasteiger partial charge in [-0.15, -0.1) is 0 Å². The van der Waals surface area contributed by atoms with Gasteiger partial charge in [0.15, 0.2) is 0 Å². The van der Waals surface area contributed by atoms with Gasteiger partial charge in [0, 0.05) is 13.2 Å². The molecule has 0 rings (SSSR count). The van der Waals surface area contributed by atoms with Crippen molar-refractivity contribution in [3.8, 4) is 0 Å². The number of hydrogen-bond donors (Lipinski definition) is 2. The summed E-state index contributed by atoms with van der Waals surface area (Å²) in [6, 6.07) is 0. The summed E-state index contributed by atoms with van der Waals surface area (Å²) in [4.78, 5) is 0. The van der Waals surface area contributed by atoms with E-state index in [1.54, 1.807) is 6.92 Å². The van der Waals surface area contributed by atoms with Crippen LogP contribution < -0.4 is 5.73 Å². The maximum absolute atomic E-state index is 8.74. The van der Waals surface area contributed by atoms with E-state index in [0.717, 1.165) is 0 Å². The van der Waals surface area contributed by atoms with E-state index in [0.29, 0.717) is 26.2 Å². The van der Waals surface area contributed by atoms with Crippen molar-refractivity contribution in [3.05, 3.63) is 0 Å². The first kappa shape index (κ1) is 8.88. The van der Waals surface area contributed by atoms with Crippen LogP contribution in [0.5, 0.6) is 0 Å². The lowest BCUT2D eigenvalue weighted by molar-refractivity contribution is 0.0936. The zero-order chi connectivity index (χ0) is 7.11. The van der Waals surface area contributed by atoms with Gasteiger partial charge in [-0.2, -0.15) is 0 Å². The van der Waals surface area contributed by atoms with Gasteiger partial charge in [-0.1, -0.05) is 0 Å².